The van der Waals surface area contributed by atoms with E-state index in [1.165, 1.54) is 10.9 Å². The summed E-state index contributed by atoms with van der Waals surface area (Å²) in [4.78, 5) is 11.9. The van der Waals surface area contributed by atoms with E-state index in [4.69, 9.17) is 16.7 Å². The van der Waals surface area contributed by atoms with Crippen LogP contribution in [0.4, 0.5) is 5.69 Å². The molecule has 0 spiro atoms. The van der Waals surface area contributed by atoms with Crippen LogP contribution in [0.3, 0.4) is 0 Å². The van der Waals surface area contributed by atoms with Crippen LogP contribution >= 0.6 is 27.5 Å². The molecule has 0 saturated carbocycles. The maximum atomic E-state index is 11.9. The number of halogens is 2. The standard InChI is InChI=1S/C13H13BrClN3O2/c14-12-11(8-17-18(5-6-19)13(12)20)16-7-9-3-1-2-4-10(9)15/h1-4,8,16,19H,5-7H2. The second kappa shape index (κ2) is 6.88. The molecular formula is C13H13BrClN3O2. The van der Waals surface area contributed by atoms with Crippen LogP contribution < -0.4 is 10.9 Å². The Bertz CT molecular complexity index is 660. The Kier molecular flexibility index (Phi) is 5.17. The number of benzene rings is 1. The number of nitrogens with zero attached hydrogens (tertiary/aromatic N) is 2. The molecule has 0 fully saturated rings. The van der Waals surface area contributed by atoms with E-state index >= 15 is 0 Å². The van der Waals surface area contributed by atoms with Crippen molar-refractivity contribution in [2.75, 3.05) is 11.9 Å². The summed E-state index contributed by atoms with van der Waals surface area (Å²) in [5, 5.41) is 16.6. The van der Waals surface area contributed by atoms with E-state index in [1.807, 2.05) is 24.3 Å². The molecule has 2 N–H and O–H groups in total. The summed E-state index contributed by atoms with van der Waals surface area (Å²) in [7, 11) is 0. The zero-order valence-electron chi connectivity index (χ0n) is 10.5. The molecule has 0 bridgehead atoms. The topological polar surface area (TPSA) is 67.2 Å². The fourth-order valence-electron chi connectivity index (χ4n) is 1.67. The normalized spacial score (nSPS) is 10.6. The van der Waals surface area contributed by atoms with E-state index in [2.05, 4.69) is 26.3 Å². The van der Waals surface area contributed by atoms with Gasteiger partial charge in [-0.1, -0.05) is 29.8 Å². The first-order chi connectivity index (χ1) is 9.63. The van der Waals surface area contributed by atoms with Crippen molar-refractivity contribution in [2.24, 2.45) is 0 Å². The number of hydrogen-bond donors (Lipinski definition) is 2. The van der Waals surface area contributed by atoms with Gasteiger partial charge in [-0.15, -0.1) is 0 Å². The van der Waals surface area contributed by atoms with Gasteiger partial charge in [0.05, 0.1) is 25.0 Å². The molecule has 0 unspecified atom stereocenters. The van der Waals surface area contributed by atoms with Crippen molar-refractivity contribution in [1.29, 1.82) is 0 Å². The molecule has 0 saturated heterocycles. The lowest BCUT2D eigenvalue weighted by atomic mass is 10.2. The van der Waals surface area contributed by atoms with E-state index in [0.717, 1.165) is 5.56 Å². The van der Waals surface area contributed by atoms with E-state index in [-0.39, 0.29) is 18.7 Å². The smallest absolute Gasteiger partial charge is 0.283 e. The number of aliphatic hydroxyl groups excluding tert-OH is 1. The predicted molar refractivity (Wildman–Crippen MR) is 82.1 cm³/mol. The van der Waals surface area contributed by atoms with Crippen molar-refractivity contribution < 1.29 is 5.11 Å². The van der Waals surface area contributed by atoms with E-state index in [0.29, 0.717) is 21.7 Å². The Balaban J connectivity index is 2.17. The van der Waals surface area contributed by atoms with Gasteiger partial charge in [0.25, 0.3) is 5.56 Å². The van der Waals surface area contributed by atoms with Crippen LogP contribution in [-0.4, -0.2) is 21.5 Å². The highest BCUT2D eigenvalue weighted by atomic mass is 79.9. The average Bonchev–Trinajstić information content (AvgIpc) is 2.45. The molecule has 1 aromatic heterocycles. The summed E-state index contributed by atoms with van der Waals surface area (Å²) in [6.45, 7) is 0.525. The number of anilines is 1. The SMILES string of the molecule is O=c1c(Br)c(NCc2ccccc2Cl)cnn1CCO. The molecule has 5 nitrogen and oxygen atoms in total. The zero-order chi connectivity index (χ0) is 14.5. The Labute approximate surface area is 129 Å². The van der Waals surface area contributed by atoms with Crippen molar-refractivity contribution >= 4 is 33.2 Å². The minimum atomic E-state index is -0.289. The Morgan fingerprint density at radius 1 is 1.40 bits per heavy atom. The van der Waals surface area contributed by atoms with Crippen LogP contribution in [0.2, 0.25) is 5.02 Å². The molecule has 0 aliphatic heterocycles. The summed E-state index contributed by atoms with van der Waals surface area (Å²) in [6, 6.07) is 7.48. The Morgan fingerprint density at radius 2 is 2.15 bits per heavy atom. The first-order valence-electron chi connectivity index (χ1n) is 5.97. The predicted octanol–water partition coefficient (Wildman–Crippen LogP) is 2.26. The number of nitrogens with one attached hydrogen (secondary N) is 1. The monoisotopic (exact) mass is 357 g/mol. The molecule has 20 heavy (non-hydrogen) atoms. The number of aliphatic hydroxyl groups is 1. The van der Waals surface area contributed by atoms with Crippen molar-refractivity contribution in [3.05, 3.63) is 55.9 Å². The summed E-state index contributed by atoms with van der Waals surface area (Å²) >= 11 is 9.31. The fraction of sp³-hybridized carbons (Fsp3) is 0.231. The lowest BCUT2D eigenvalue weighted by Gasteiger charge is -2.10. The van der Waals surface area contributed by atoms with Crippen molar-refractivity contribution in [3.8, 4) is 0 Å². The second-order valence-electron chi connectivity index (χ2n) is 4.07. The summed E-state index contributed by atoms with van der Waals surface area (Å²) in [5.74, 6) is 0. The van der Waals surface area contributed by atoms with Crippen molar-refractivity contribution in [1.82, 2.24) is 9.78 Å². The minimum Gasteiger partial charge on any atom is -0.394 e. The minimum absolute atomic E-state index is 0.133. The zero-order valence-corrected chi connectivity index (χ0v) is 12.9. The van der Waals surface area contributed by atoms with Crippen LogP contribution in [0.15, 0.2) is 39.7 Å². The number of rotatable bonds is 5. The lowest BCUT2D eigenvalue weighted by molar-refractivity contribution is 0.266. The molecule has 0 atom stereocenters. The summed E-state index contributed by atoms with van der Waals surface area (Å²) in [5.41, 5.74) is 1.23. The van der Waals surface area contributed by atoms with Gasteiger partial charge in [-0.25, -0.2) is 4.68 Å². The molecule has 7 heteroatoms. The molecule has 0 aliphatic carbocycles. The maximum absolute atomic E-state index is 11.9. The largest absolute Gasteiger partial charge is 0.394 e. The van der Waals surface area contributed by atoms with Gasteiger partial charge in [0.15, 0.2) is 0 Å². The van der Waals surface area contributed by atoms with Gasteiger partial charge in [-0.3, -0.25) is 4.79 Å². The first kappa shape index (κ1) is 15.0. The lowest BCUT2D eigenvalue weighted by Crippen LogP contribution is -2.25. The Hall–Kier alpha value is -1.37. The molecular weight excluding hydrogens is 346 g/mol. The quantitative estimate of drug-likeness (QED) is 0.860. The second-order valence-corrected chi connectivity index (χ2v) is 5.27. The van der Waals surface area contributed by atoms with Crippen molar-refractivity contribution in [3.63, 3.8) is 0 Å². The highest BCUT2D eigenvalue weighted by Crippen LogP contribution is 2.20. The third-order valence-electron chi connectivity index (χ3n) is 2.72. The average molecular weight is 359 g/mol. The van der Waals surface area contributed by atoms with Gasteiger partial charge in [-0.05, 0) is 27.6 Å². The Morgan fingerprint density at radius 3 is 2.85 bits per heavy atom. The highest BCUT2D eigenvalue weighted by Gasteiger charge is 2.08. The molecule has 2 rings (SSSR count). The van der Waals surface area contributed by atoms with E-state index in [9.17, 15) is 4.79 Å². The number of hydrogen-bond acceptors (Lipinski definition) is 4. The molecule has 1 aromatic carbocycles. The van der Waals surface area contributed by atoms with E-state index in [1.54, 1.807) is 0 Å². The van der Waals surface area contributed by atoms with Gasteiger partial charge < -0.3 is 10.4 Å². The third-order valence-corrected chi connectivity index (χ3v) is 3.86. The van der Waals surface area contributed by atoms with Crippen LogP contribution in [0.1, 0.15) is 5.56 Å². The van der Waals surface area contributed by atoms with Crippen LogP contribution in [-0.2, 0) is 13.1 Å². The van der Waals surface area contributed by atoms with Crippen LogP contribution in [0, 0.1) is 0 Å². The third kappa shape index (κ3) is 3.39. The van der Waals surface area contributed by atoms with Crippen LogP contribution in [0.25, 0.3) is 0 Å². The highest BCUT2D eigenvalue weighted by molar-refractivity contribution is 9.10. The molecule has 0 amide bonds. The van der Waals surface area contributed by atoms with Crippen molar-refractivity contribution in [2.45, 2.75) is 13.1 Å². The van der Waals surface area contributed by atoms with Gasteiger partial charge in [0.1, 0.15) is 4.47 Å². The summed E-state index contributed by atoms with van der Waals surface area (Å²) in [6.07, 6.45) is 1.54. The summed E-state index contributed by atoms with van der Waals surface area (Å²) < 4.78 is 1.58. The molecule has 0 radical (unpaired) electrons. The van der Waals surface area contributed by atoms with Gasteiger partial charge >= 0.3 is 0 Å². The first-order valence-corrected chi connectivity index (χ1v) is 7.14. The van der Waals surface area contributed by atoms with Gasteiger partial charge in [0, 0.05) is 11.6 Å². The van der Waals surface area contributed by atoms with Gasteiger partial charge in [-0.2, -0.15) is 5.10 Å². The van der Waals surface area contributed by atoms with Gasteiger partial charge in [0.2, 0.25) is 0 Å². The molecule has 2 aromatic rings. The number of aromatic nitrogens is 2. The molecule has 1 heterocycles. The maximum Gasteiger partial charge on any atom is 0.283 e. The fourth-order valence-corrected chi connectivity index (χ4v) is 2.32. The van der Waals surface area contributed by atoms with E-state index < -0.39 is 0 Å². The van der Waals surface area contributed by atoms with Crippen LogP contribution in [0.5, 0.6) is 0 Å². The molecule has 106 valence electrons. The molecule has 0 aliphatic rings.